The number of unbranched alkanes of at least 4 members (excludes halogenated alkanes) is 3. The van der Waals surface area contributed by atoms with E-state index >= 15 is 0 Å². The average Bonchev–Trinajstić information content (AvgIpc) is 2.49. The van der Waals surface area contributed by atoms with E-state index in [1.54, 1.807) is 0 Å². The van der Waals surface area contributed by atoms with Crippen LogP contribution in [0.2, 0.25) is 0 Å². The van der Waals surface area contributed by atoms with E-state index in [9.17, 15) is 5.11 Å². The van der Waals surface area contributed by atoms with Crippen molar-refractivity contribution < 1.29 is 9.84 Å². The van der Waals surface area contributed by atoms with Gasteiger partial charge in [0, 0.05) is 0 Å². The third-order valence-electron chi connectivity index (χ3n) is 3.96. The highest BCUT2D eigenvalue weighted by molar-refractivity contribution is 5.18. The molecule has 0 fully saturated rings. The molecule has 0 aliphatic heterocycles. The predicted octanol–water partition coefficient (Wildman–Crippen LogP) is 5.12. The van der Waals surface area contributed by atoms with Gasteiger partial charge in [-0.15, -0.1) is 0 Å². The van der Waals surface area contributed by atoms with Crippen LogP contribution in [-0.2, 0) is 4.74 Å². The molecule has 0 saturated heterocycles. The van der Waals surface area contributed by atoms with Gasteiger partial charge in [-0.2, -0.15) is 0 Å². The lowest BCUT2D eigenvalue weighted by Crippen LogP contribution is -2.31. The van der Waals surface area contributed by atoms with Crippen molar-refractivity contribution in [2.24, 2.45) is 5.92 Å². The highest BCUT2D eigenvalue weighted by Gasteiger charge is 2.26. The van der Waals surface area contributed by atoms with E-state index in [1.807, 2.05) is 30.3 Å². The van der Waals surface area contributed by atoms with Gasteiger partial charge in [-0.1, -0.05) is 76.8 Å². The standard InChI is InChI=1S/C19H32O2/c1-5-6-7-9-12-16(4)21-19(15(2)3)18(20)17-13-10-8-11-14-17/h8,10-11,13-16,18-20H,5-7,9,12H2,1-4H3. The summed E-state index contributed by atoms with van der Waals surface area (Å²) in [5.74, 6) is 0.290. The van der Waals surface area contributed by atoms with Crippen LogP contribution in [0.4, 0.5) is 0 Å². The van der Waals surface area contributed by atoms with Gasteiger partial charge in [0.2, 0.25) is 0 Å². The Kier molecular flexibility index (Phi) is 8.63. The predicted molar refractivity (Wildman–Crippen MR) is 89.3 cm³/mol. The van der Waals surface area contributed by atoms with Crippen LogP contribution in [0.15, 0.2) is 30.3 Å². The van der Waals surface area contributed by atoms with Gasteiger partial charge < -0.3 is 9.84 Å². The van der Waals surface area contributed by atoms with Crippen LogP contribution in [0.1, 0.15) is 71.5 Å². The van der Waals surface area contributed by atoms with Gasteiger partial charge in [-0.3, -0.25) is 0 Å². The van der Waals surface area contributed by atoms with Crippen molar-refractivity contribution in [2.45, 2.75) is 78.1 Å². The number of hydrogen-bond acceptors (Lipinski definition) is 2. The Morgan fingerprint density at radius 1 is 1.00 bits per heavy atom. The summed E-state index contributed by atoms with van der Waals surface area (Å²) >= 11 is 0. The molecule has 0 radical (unpaired) electrons. The van der Waals surface area contributed by atoms with Crippen molar-refractivity contribution >= 4 is 0 Å². The Bertz CT molecular complexity index is 361. The van der Waals surface area contributed by atoms with Gasteiger partial charge in [-0.25, -0.2) is 0 Å². The molecule has 2 nitrogen and oxygen atoms in total. The molecule has 1 N–H and O–H groups in total. The van der Waals surface area contributed by atoms with Crippen LogP contribution in [0.5, 0.6) is 0 Å². The maximum absolute atomic E-state index is 10.6. The normalized spacial score (nSPS) is 15.9. The monoisotopic (exact) mass is 292 g/mol. The van der Waals surface area contributed by atoms with E-state index in [1.165, 1.54) is 25.7 Å². The minimum Gasteiger partial charge on any atom is -0.386 e. The average molecular weight is 292 g/mol. The Morgan fingerprint density at radius 3 is 2.24 bits per heavy atom. The van der Waals surface area contributed by atoms with E-state index in [4.69, 9.17) is 4.74 Å². The molecule has 1 aromatic rings. The fourth-order valence-corrected chi connectivity index (χ4v) is 2.63. The van der Waals surface area contributed by atoms with Crippen molar-refractivity contribution in [3.63, 3.8) is 0 Å². The maximum Gasteiger partial charge on any atom is 0.105 e. The van der Waals surface area contributed by atoms with Gasteiger partial charge in [0.15, 0.2) is 0 Å². The first-order valence-corrected chi connectivity index (χ1v) is 8.44. The molecule has 1 aromatic carbocycles. The van der Waals surface area contributed by atoms with Crippen LogP contribution in [-0.4, -0.2) is 17.3 Å². The van der Waals surface area contributed by atoms with Gasteiger partial charge in [-0.05, 0) is 24.8 Å². The van der Waals surface area contributed by atoms with Crippen molar-refractivity contribution in [3.8, 4) is 0 Å². The number of ether oxygens (including phenoxy) is 1. The third kappa shape index (κ3) is 6.62. The highest BCUT2D eigenvalue weighted by atomic mass is 16.5. The second-order valence-corrected chi connectivity index (χ2v) is 6.36. The number of rotatable bonds is 10. The number of hydrogen-bond donors (Lipinski definition) is 1. The van der Waals surface area contributed by atoms with Crippen molar-refractivity contribution in [1.29, 1.82) is 0 Å². The highest BCUT2D eigenvalue weighted by Crippen LogP contribution is 2.26. The Morgan fingerprint density at radius 2 is 1.67 bits per heavy atom. The molecule has 0 bridgehead atoms. The lowest BCUT2D eigenvalue weighted by molar-refractivity contribution is -0.0964. The summed E-state index contributed by atoms with van der Waals surface area (Å²) in [5, 5.41) is 10.6. The smallest absolute Gasteiger partial charge is 0.105 e. The molecule has 0 heterocycles. The second kappa shape index (κ2) is 9.97. The molecule has 0 spiro atoms. The molecule has 0 amide bonds. The first-order chi connectivity index (χ1) is 10.1. The van der Waals surface area contributed by atoms with Gasteiger partial charge >= 0.3 is 0 Å². The van der Waals surface area contributed by atoms with E-state index in [0.717, 1.165) is 12.0 Å². The fraction of sp³-hybridized carbons (Fsp3) is 0.684. The zero-order valence-electron chi connectivity index (χ0n) is 14.1. The molecular weight excluding hydrogens is 260 g/mol. The molecule has 3 atom stereocenters. The zero-order chi connectivity index (χ0) is 15.7. The summed E-state index contributed by atoms with van der Waals surface area (Å²) in [6, 6.07) is 9.83. The maximum atomic E-state index is 10.6. The SMILES string of the molecule is CCCCCCC(C)OC(C(C)C)C(O)c1ccccc1. The quantitative estimate of drug-likeness (QED) is 0.606. The minimum atomic E-state index is -0.552. The molecule has 0 saturated carbocycles. The van der Waals surface area contributed by atoms with E-state index < -0.39 is 6.10 Å². The fourth-order valence-electron chi connectivity index (χ4n) is 2.63. The third-order valence-corrected chi connectivity index (χ3v) is 3.96. The molecular formula is C19H32O2. The van der Waals surface area contributed by atoms with Crippen molar-refractivity contribution in [2.75, 3.05) is 0 Å². The Hall–Kier alpha value is -0.860. The molecule has 0 aromatic heterocycles. The Balaban J connectivity index is 2.53. The van der Waals surface area contributed by atoms with E-state index in [-0.39, 0.29) is 12.2 Å². The minimum absolute atomic E-state index is 0.145. The lowest BCUT2D eigenvalue weighted by Gasteiger charge is -2.30. The van der Waals surface area contributed by atoms with E-state index in [2.05, 4.69) is 27.7 Å². The first kappa shape index (κ1) is 18.2. The molecule has 0 aliphatic carbocycles. The Labute approximate surface area is 130 Å². The van der Waals surface area contributed by atoms with Crippen LogP contribution in [0, 0.1) is 5.92 Å². The lowest BCUT2D eigenvalue weighted by atomic mass is 9.95. The van der Waals surface area contributed by atoms with Gasteiger partial charge in [0.05, 0.1) is 12.2 Å². The topological polar surface area (TPSA) is 29.5 Å². The molecule has 120 valence electrons. The number of aliphatic hydroxyl groups excluding tert-OH is 1. The van der Waals surface area contributed by atoms with Crippen LogP contribution in [0.25, 0.3) is 0 Å². The van der Waals surface area contributed by atoms with E-state index in [0.29, 0.717) is 5.92 Å². The van der Waals surface area contributed by atoms with Gasteiger partial charge in [0.1, 0.15) is 6.10 Å². The largest absolute Gasteiger partial charge is 0.386 e. The molecule has 2 heteroatoms. The molecule has 1 rings (SSSR count). The van der Waals surface area contributed by atoms with Crippen LogP contribution >= 0.6 is 0 Å². The molecule has 3 unspecified atom stereocenters. The summed E-state index contributed by atoms with van der Waals surface area (Å²) in [4.78, 5) is 0. The van der Waals surface area contributed by atoms with Gasteiger partial charge in [0.25, 0.3) is 0 Å². The summed E-state index contributed by atoms with van der Waals surface area (Å²) in [7, 11) is 0. The summed E-state index contributed by atoms with van der Waals surface area (Å²) in [6.45, 7) is 8.57. The van der Waals surface area contributed by atoms with Crippen LogP contribution < -0.4 is 0 Å². The summed E-state index contributed by atoms with van der Waals surface area (Å²) < 4.78 is 6.16. The number of aliphatic hydroxyl groups is 1. The first-order valence-electron chi connectivity index (χ1n) is 8.44. The van der Waals surface area contributed by atoms with Crippen molar-refractivity contribution in [3.05, 3.63) is 35.9 Å². The number of benzene rings is 1. The zero-order valence-corrected chi connectivity index (χ0v) is 14.1. The summed E-state index contributed by atoms with van der Waals surface area (Å²) in [5.41, 5.74) is 0.939. The molecule has 21 heavy (non-hydrogen) atoms. The van der Waals surface area contributed by atoms with Crippen molar-refractivity contribution in [1.82, 2.24) is 0 Å². The van der Waals surface area contributed by atoms with Crippen LogP contribution in [0.3, 0.4) is 0 Å². The second-order valence-electron chi connectivity index (χ2n) is 6.36. The summed E-state index contributed by atoms with van der Waals surface area (Å²) in [6.07, 6.45) is 5.62. The molecule has 0 aliphatic rings.